The van der Waals surface area contributed by atoms with Gasteiger partial charge < -0.3 is 15.5 Å². The van der Waals surface area contributed by atoms with Crippen molar-refractivity contribution < 1.29 is 0 Å². The SMILES string of the molecule is CCN(CC)CCCN(CC)c1ccc(CCN)cc1C. The van der Waals surface area contributed by atoms with Crippen molar-refractivity contribution in [3.05, 3.63) is 29.3 Å². The molecule has 0 saturated heterocycles. The molecule has 1 rings (SSSR count). The summed E-state index contributed by atoms with van der Waals surface area (Å²) in [5.41, 5.74) is 9.72. The van der Waals surface area contributed by atoms with Crippen molar-refractivity contribution in [2.75, 3.05) is 44.2 Å². The topological polar surface area (TPSA) is 32.5 Å². The van der Waals surface area contributed by atoms with Gasteiger partial charge in [-0.3, -0.25) is 0 Å². The van der Waals surface area contributed by atoms with Crippen LogP contribution >= 0.6 is 0 Å². The molecule has 3 nitrogen and oxygen atoms in total. The normalized spacial score (nSPS) is 11.1. The van der Waals surface area contributed by atoms with Crippen LogP contribution in [0, 0.1) is 6.92 Å². The molecule has 0 fully saturated rings. The molecule has 0 aliphatic heterocycles. The zero-order chi connectivity index (χ0) is 15.7. The molecule has 3 heteroatoms. The zero-order valence-corrected chi connectivity index (χ0v) is 14.4. The molecule has 0 atom stereocenters. The van der Waals surface area contributed by atoms with E-state index in [-0.39, 0.29) is 0 Å². The molecule has 0 amide bonds. The van der Waals surface area contributed by atoms with E-state index in [1.54, 1.807) is 0 Å². The van der Waals surface area contributed by atoms with Crippen LogP contribution in [0.2, 0.25) is 0 Å². The maximum absolute atomic E-state index is 5.64. The Labute approximate surface area is 131 Å². The van der Waals surface area contributed by atoms with Crippen molar-refractivity contribution in [3.8, 4) is 0 Å². The Kier molecular flexibility index (Phi) is 8.40. The van der Waals surface area contributed by atoms with Gasteiger partial charge in [-0.15, -0.1) is 0 Å². The van der Waals surface area contributed by atoms with Gasteiger partial charge in [0.05, 0.1) is 0 Å². The van der Waals surface area contributed by atoms with Gasteiger partial charge in [-0.25, -0.2) is 0 Å². The predicted octanol–water partition coefficient (Wildman–Crippen LogP) is 3.05. The molecule has 0 bridgehead atoms. The zero-order valence-electron chi connectivity index (χ0n) is 14.4. The van der Waals surface area contributed by atoms with Gasteiger partial charge in [0.15, 0.2) is 0 Å². The Hall–Kier alpha value is -1.06. The fourth-order valence-electron chi connectivity index (χ4n) is 2.87. The van der Waals surface area contributed by atoms with E-state index < -0.39 is 0 Å². The number of rotatable bonds is 10. The van der Waals surface area contributed by atoms with Crippen LogP contribution in [0.5, 0.6) is 0 Å². The van der Waals surface area contributed by atoms with Crippen LogP contribution in [-0.2, 0) is 6.42 Å². The van der Waals surface area contributed by atoms with Crippen LogP contribution in [0.1, 0.15) is 38.3 Å². The summed E-state index contributed by atoms with van der Waals surface area (Å²) in [6.45, 7) is 15.3. The van der Waals surface area contributed by atoms with Gasteiger partial charge in [0.2, 0.25) is 0 Å². The van der Waals surface area contributed by atoms with Crippen molar-refractivity contribution in [1.29, 1.82) is 0 Å². The van der Waals surface area contributed by atoms with Crippen LogP contribution in [0.15, 0.2) is 18.2 Å². The van der Waals surface area contributed by atoms with E-state index in [4.69, 9.17) is 5.73 Å². The van der Waals surface area contributed by atoms with Crippen LogP contribution in [0.25, 0.3) is 0 Å². The number of hydrogen-bond acceptors (Lipinski definition) is 3. The Bertz CT molecular complexity index is 399. The van der Waals surface area contributed by atoms with Crippen LogP contribution in [-0.4, -0.2) is 44.2 Å². The third-order valence-electron chi connectivity index (χ3n) is 4.21. The van der Waals surface area contributed by atoms with E-state index in [1.807, 2.05) is 0 Å². The van der Waals surface area contributed by atoms with Crippen molar-refractivity contribution in [1.82, 2.24) is 4.90 Å². The summed E-state index contributed by atoms with van der Waals surface area (Å²) < 4.78 is 0. The van der Waals surface area contributed by atoms with Gasteiger partial charge in [-0.2, -0.15) is 0 Å². The third-order valence-corrected chi connectivity index (χ3v) is 4.21. The first kappa shape index (κ1) is 18.0. The molecule has 2 N–H and O–H groups in total. The minimum Gasteiger partial charge on any atom is -0.372 e. The Morgan fingerprint density at radius 2 is 1.71 bits per heavy atom. The molecular formula is C18H33N3. The summed E-state index contributed by atoms with van der Waals surface area (Å²) in [6.07, 6.45) is 2.19. The first-order valence-electron chi connectivity index (χ1n) is 8.43. The van der Waals surface area contributed by atoms with E-state index in [0.29, 0.717) is 0 Å². The number of benzene rings is 1. The number of anilines is 1. The minimum atomic E-state index is 0.722. The maximum atomic E-state index is 5.64. The van der Waals surface area contributed by atoms with Crippen LogP contribution in [0.3, 0.4) is 0 Å². The Balaban J connectivity index is 2.63. The molecule has 0 spiro atoms. The summed E-state index contributed by atoms with van der Waals surface area (Å²) >= 11 is 0. The predicted molar refractivity (Wildman–Crippen MR) is 94.2 cm³/mol. The molecule has 120 valence electrons. The first-order valence-corrected chi connectivity index (χ1v) is 8.43. The molecule has 21 heavy (non-hydrogen) atoms. The molecule has 0 saturated carbocycles. The highest BCUT2D eigenvalue weighted by Gasteiger charge is 2.08. The molecule has 0 aromatic heterocycles. The van der Waals surface area contributed by atoms with Gasteiger partial charge in [0.1, 0.15) is 0 Å². The minimum absolute atomic E-state index is 0.722. The van der Waals surface area contributed by atoms with Crippen molar-refractivity contribution in [3.63, 3.8) is 0 Å². The summed E-state index contributed by atoms with van der Waals surface area (Å²) in [4.78, 5) is 4.98. The standard InChI is InChI=1S/C18H33N3/c1-5-20(6-2)13-8-14-21(7-3)18-10-9-17(11-12-19)15-16(18)4/h9-10,15H,5-8,11-14,19H2,1-4H3. The average molecular weight is 291 g/mol. The molecular weight excluding hydrogens is 258 g/mol. The number of hydrogen-bond donors (Lipinski definition) is 1. The van der Waals surface area contributed by atoms with Gasteiger partial charge >= 0.3 is 0 Å². The Morgan fingerprint density at radius 3 is 2.24 bits per heavy atom. The summed E-state index contributed by atoms with van der Waals surface area (Å²) in [5, 5.41) is 0. The molecule has 0 heterocycles. The smallest absolute Gasteiger partial charge is 0.0396 e. The fraction of sp³-hybridized carbons (Fsp3) is 0.667. The highest BCUT2D eigenvalue weighted by atomic mass is 15.1. The summed E-state index contributed by atoms with van der Waals surface area (Å²) in [5.74, 6) is 0. The van der Waals surface area contributed by atoms with E-state index in [0.717, 1.165) is 39.1 Å². The molecule has 0 aliphatic rings. The van der Waals surface area contributed by atoms with Crippen molar-refractivity contribution in [2.24, 2.45) is 5.73 Å². The monoisotopic (exact) mass is 291 g/mol. The van der Waals surface area contributed by atoms with Crippen molar-refractivity contribution >= 4 is 5.69 Å². The number of aryl methyl sites for hydroxylation is 1. The number of nitrogens with two attached hydrogens (primary N) is 1. The van der Waals surface area contributed by atoms with E-state index in [1.165, 1.54) is 29.8 Å². The lowest BCUT2D eigenvalue weighted by molar-refractivity contribution is 0.301. The van der Waals surface area contributed by atoms with E-state index in [2.05, 4.69) is 55.7 Å². The summed E-state index contributed by atoms with van der Waals surface area (Å²) in [7, 11) is 0. The van der Waals surface area contributed by atoms with Crippen LogP contribution < -0.4 is 10.6 Å². The largest absolute Gasteiger partial charge is 0.372 e. The second-order valence-electron chi connectivity index (χ2n) is 5.62. The molecule has 0 radical (unpaired) electrons. The lowest BCUT2D eigenvalue weighted by atomic mass is 10.1. The fourth-order valence-corrected chi connectivity index (χ4v) is 2.87. The van der Waals surface area contributed by atoms with Gasteiger partial charge in [-0.05, 0) is 70.1 Å². The highest BCUT2D eigenvalue weighted by molar-refractivity contribution is 5.54. The second-order valence-corrected chi connectivity index (χ2v) is 5.62. The molecule has 0 aliphatic carbocycles. The Morgan fingerprint density at radius 1 is 1.00 bits per heavy atom. The van der Waals surface area contributed by atoms with Crippen molar-refractivity contribution in [2.45, 2.75) is 40.5 Å². The van der Waals surface area contributed by atoms with Gasteiger partial charge in [0.25, 0.3) is 0 Å². The summed E-state index contributed by atoms with van der Waals surface area (Å²) in [6, 6.07) is 6.78. The quantitative estimate of drug-likeness (QED) is 0.719. The second kappa shape index (κ2) is 9.80. The van der Waals surface area contributed by atoms with Gasteiger partial charge in [0, 0.05) is 18.8 Å². The molecule has 1 aromatic rings. The number of nitrogens with zero attached hydrogens (tertiary/aromatic N) is 2. The van der Waals surface area contributed by atoms with Gasteiger partial charge in [-0.1, -0.05) is 26.0 Å². The average Bonchev–Trinajstić information content (AvgIpc) is 2.49. The van der Waals surface area contributed by atoms with Crippen LogP contribution in [0.4, 0.5) is 5.69 Å². The van der Waals surface area contributed by atoms with E-state index in [9.17, 15) is 0 Å². The lowest BCUT2D eigenvalue weighted by Gasteiger charge is -2.27. The third kappa shape index (κ3) is 5.68. The first-order chi connectivity index (χ1) is 10.2. The highest BCUT2D eigenvalue weighted by Crippen LogP contribution is 2.21. The molecule has 0 unspecified atom stereocenters. The molecule has 1 aromatic carbocycles. The van der Waals surface area contributed by atoms with E-state index >= 15 is 0 Å². The lowest BCUT2D eigenvalue weighted by Crippen LogP contribution is -2.30. The maximum Gasteiger partial charge on any atom is 0.0396 e.